The van der Waals surface area contributed by atoms with Crippen molar-refractivity contribution in [1.29, 1.82) is 0 Å². The lowest BCUT2D eigenvalue weighted by molar-refractivity contribution is -0.121. The Morgan fingerprint density at radius 1 is 1.52 bits per heavy atom. The highest BCUT2D eigenvalue weighted by Crippen LogP contribution is 2.19. The summed E-state index contributed by atoms with van der Waals surface area (Å²) >= 11 is 0. The Morgan fingerprint density at radius 3 is 3.00 bits per heavy atom. The van der Waals surface area contributed by atoms with Crippen molar-refractivity contribution in [1.82, 2.24) is 15.0 Å². The number of nitrogens with two attached hydrogens (primary N) is 1. The molecule has 1 aromatic heterocycles. The predicted molar refractivity (Wildman–Crippen MR) is 76.3 cm³/mol. The molecule has 9 nitrogen and oxygen atoms in total. The summed E-state index contributed by atoms with van der Waals surface area (Å²) in [6.07, 6.45) is 0.935. The third-order valence-corrected chi connectivity index (χ3v) is 3.03. The second-order valence-electron chi connectivity index (χ2n) is 4.56. The van der Waals surface area contributed by atoms with Gasteiger partial charge in [0, 0.05) is 13.1 Å². The van der Waals surface area contributed by atoms with E-state index < -0.39 is 11.9 Å². The molecule has 1 fully saturated rings. The third kappa shape index (κ3) is 3.69. The number of rotatable bonds is 6. The van der Waals surface area contributed by atoms with Crippen LogP contribution < -0.4 is 20.7 Å². The summed E-state index contributed by atoms with van der Waals surface area (Å²) < 4.78 is 10.4. The molecule has 1 aromatic rings. The maximum atomic E-state index is 11.5. The third-order valence-electron chi connectivity index (χ3n) is 3.03. The molecule has 9 heteroatoms. The fraction of sp³-hybridized carbons (Fsp3) is 0.667. The van der Waals surface area contributed by atoms with E-state index in [4.69, 9.17) is 15.2 Å². The van der Waals surface area contributed by atoms with Gasteiger partial charge in [0.25, 0.3) is 0 Å². The van der Waals surface area contributed by atoms with Crippen LogP contribution in [0.2, 0.25) is 0 Å². The van der Waals surface area contributed by atoms with Gasteiger partial charge in [0.2, 0.25) is 17.8 Å². The lowest BCUT2D eigenvalue weighted by Crippen LogP contribution is -2.53. The Hall–Kier alpha value is -2.16. The Bertz CT molecular complexity index is 498. The van der Waals surface area contributed by atoms with E-state index in [1.807, 2.05) is 6.92 Å². The average molecular weight is 296 g/mol. The SMILES string of the molecule is CCCNc1nc(OC)nc(N2CCOCC2C(N)=O)n1. The zero-order chi connectivity index (χ0) is 15.2. The molecule has 2 rings (SSSR count). The van der Waals surface area contributed by atoms with E-state index in [2.05, 4.69) is 20.3 Å². The van der Waals surface area contributed by atoms with Gasteiger partial charge in [-0.3, -0.25) is 4.79 Å². The fourth-order valence-corrected chi connectivity index (χ4v) is 1.96. The molecule has 1 unspecified atom stereocenters. The monoisotopic (exact) mass is 296 g/mol. The van der Waals surface area contributed by atoms with Crippen LogP contribution in [0.1, 0.15) is 13.3 Å². The summed E-state index contributed by atoms with van der Waals surface area (Å²) in [6, 6.07) is -0.404. The van der Waals surface area contributed by atoms with E-state index in [9.17, 15) is 4.79 Å². The zero-order valence-corrected chi connectivity index (χ0v) is 12.2. The number of primary amides is 1. The summed E-state index contributed by atoms with van der Waals surface area (Å²) in [5, 5.41) is 3.08. The molecule has 0 aromatic carbocycles. The highest BCUT2D eigenvalue weighted by atomic mass is 16.5. The second kappa shape index (κ2) is 7.02. The first kappa shape index (κ1) is 15.2. The Morgan fingerprint density at radius 2 is 2.33 bits per heavy atom. The van der Waals surface area contributed by atoms with E-state index in [1.165, 1.54) is 7.11 Å². The largest absolute Gasteiger partial charge is 0.467 e. The molecule has 1 atom stereocenters. The minimum Gasteiger partial charge on any atom is -0.467 e. The van der Waals surface area contributed by atoms with Crippen LogP contribution in [0.25, 0.3) is 0 Å². The maximum Gasteiger partial charge on any atom is 0.322 e. The van der Waals surface area contributed by atoms with Crippen molar-refractivity contribution in [3.63, 3.8) is 0 Å². The molecule has 1 aliphatic rings. The van der Waals surface area contributed by atoms with Crippen molar-refractivity contribution in [2.45, 2.75) is 19.4 Å². The van der Waals surface area contributed by atoms with Gasteiger partial charge in [0.15, 0.2) is 0 Å². The maximum absolute atomic E-state index is 11.5. The average Bonchev–Trinajstić information content (AvgIpc) is 2.52. The molecule has 1 saturated heterocycles. The number of anilines is 2. The number of nitrogens with zero attached hydrogens (tertiary/aromatic N) is 4. The molecule has 21 heavy (non-hydrogen) atoms. The van der Waals surface area contributed by atoms with Gasteiger partial charge < -0.3 is 25.4 Å². The molecule has 2 heterocycles. The lowest BCUT2D eigenvalue weighted by atomic mass is 10.2. The molecule has 0 saturated carbocycles. The van der Waals surface area contributed by atoms with Crippen molar-refractivity contribution >= 4 is 17.8 Å². The molecule has 0 spiro atoms. The van der Waals surface area contributed by atoms with Gasteiger partial charge >= 0.3 is 6.01 Å². The summed E-state index contributed by atoms with van der Waals surface area (Å²) in [4.78, 5) is 25.9. The molecule has 0 radical (unpaired) electrons. The van der Waals surface area contributed by atoms with Gasteiger partial charge in [-0.15, -0.1) is 0 Å². The lowest BCUT2D eigenvalue weighted by Gasteiger charge is -2.33. The molecule has 3 N–H and O–H groups in total. The van der Waals surface area contributed by atoms with Crippen molar-refractivity contribution in [3.8, 4) is 6.01 Å². The minimum absolute atomic E-state index is 0.188. The number of aromatic nitrogens is 3. The summed E-state index contributed by atoms with van der Waals surface area (Å²) in [5.74, 6) is 0.290. The molecule has 1 amide bonds. The first-order valence-corrected chi connectivity index (χ1v) is 6.83. The van der Waals surface area contributed by atoms with E-state index >= 15 is 0 Å². The molecule has 1 aliphatic heterocycles. The number of nitrogens with one attached hydrogen (secondary N) is 1. The van der Waals surface area contributed by atoms with E-state index in [-0.39, 0.29) is 12.6 Å². The van der Waals surface area contributed by atoms with Gasteiger partial charge in [-0.2, -0.15) is 15.0 Å². The number of ether oxygens (including phenoxy) is 2. The van der Waals surface area contributed by atoms with Gasteiger partial charge in [-0.1, -0.05) is 6.92 Å². The van der Waals surface area contributed by atoms with Crippen LogP contribution in [-0.4, -0.2) is 60.3 Å². The number of carbonyl (C=O) groups excluding carboxylic acids is 1. The first-order chi connectivity index (χ1) is 10.2. The van der Waals surface area contributed by atoms with Crippen LogP contribution in [0.3, 0.4) is 0 Å². The number of methoxy groups -OCH3 is 1. The van der Waals surface area contributed by atoms with Crippen LogP contribution >= 0.6 is 0 Å². The molecule has 116 valence electrons. The van der Waals surface area contributed by atoms with Gasteiger partial charge in [0.1, 0.15) is 6.04 Å². The van der Waals surface area contributed by atoms with Gasteiger partial charge in [-0.25, -0.2) is 0 Å². The van der Waals surface area contributed by atoms with Gasteiger partial charge in [-0.05, 0) is 6.42 Å². The highest BCUT2D eigenvalue weighted by molar-refractivity contribution is 5.83. The predicted octanol–water partition coefficient (Wildman–Crippen LogP) is -0.607. The van der Waals surface area contributed by atoms with Crippen LogP contribution in [-0.2, 0) is 9.53 Å². The Labute approximate surface area is 122 Å². The van der Waals surface area contributed by atoms with Crippen LogP contribution in [0.15, 0.2) is 0 Å². The summed E-state index contributed by atoms with van der Waals surface area (Å²) in [6.45, 7) is 3.96. The minimum atomic E-state index is -0.593. The van der Waals surface area contributed by atoms with Gasteiger partial charge in [0.05, 0.1) is 20.3 Å². The molecular weight excluding hydrogens is 276 g/mol. The van der Waals surface area contributed by atoms with E-state index in [0.717, 1.165) is 13.0 Å². The van der Waals surface area contributed by atoms with Crippen LogP contribution in [0.4, 0.5) is 11.9 Å². The first-order valence-electron chi connectivity index (χ1n) is 6.83. The van der Waals surface area contributed by atoms with Crippen molar-refractivity contribution in [2.75, 3.05) is 43.6 Å². The number of hydrogen-bond acceptors (Lipinski definition) is 8. The van der Waals surface area contributed by atoms with Crippen molar-refractivity contribution in [3.05, 3.63) is 0 Å². The van der Waals surface area contributed by atoms with Crippen LogP contribution in [0, 0.1) is 0 Å². The Kier molecular flexibility index (Phi) is 5.09. The molecule has 0 bridgehead atoms. The number of carbonyl (C=O) groups is 1. The molecule has 0 aliphatic carbocycles. The van der Waals surface area contributed by atoms with Crippen LogP contribution in [0.5, 0.6) is 6.01 Å². The number of morpholine rings is 1. The topological polar surface area (TPSA) is 115 Å². The molecular formula is C12H20N6O3. The quantitative estimate of drug-likeness (QED) is 0.714. The smallest absolute Gasteiger partial charge is 0.322 e. The standard InChI is InChI=1S/C12H20N6O3/c1-3-4-14-10-15-11(17-12(16-10)20-2)18-5-6-21-7-8(18)9(13)19/h8H,3-7H2,1-2H3,(H2,13,19)(H,14,15,16,17). The fourth-order valence-electron chi connectivity index (χ4n) is 1.96. The summed E-state index contributed by atoms with van der Waals surface area (Å²) in [5.41, 5.74) is 5.41. The van der Waals surface area contributed by atoms with E-state index in [0.29, 0.717) is 25.0 Å². The number of hydrogen-bond donors (Lipinski definition) is 2. The van der Waals surface area contributed by atoms with E-state index in [1.54, 1.807) is 4.90 Å². The Balaban J connectivity index is 2.29. The normalized spacial score (nSPS) is 18.4. The number of amides is 1. The highest BCUT2D eigenvalue weighted by Gasteiger charge is 2.30. The second-order valence-corrected chi connectivity index (χ2v) is 4.56. The zero-order valence-electron chi connectivity index (χ0n) is 12.2. The summed E-state index contributed by atoms with van der Waals surface area (Å²) in [7, 11) is 1.48. The van der Waals surface area contributed by atoms with Crippen molar-refractivity contribution < 1.29 is 14.3 Å². The van der Waals surface area contributed by atoms with Crippen molar-refractivity contribution in [2.24, 2.45) is 5.73 Å².